The number of ether oxygens (including phenoxy) is 3. The predicted molar refractivity (Wildman–Crippen MR) is 75.5 cm³/mol. The van der Waals surface area contributed by atoms with Crippen LogP contribution in [-0.4, -0.2) is 48.7 Å². The second-order valence-corrected chi connectivity index (χ2v) is 7.18. The van der Waals surface area contributed by atoms with Crippen molar-refractivity contribution in [2.24, 2.45) is 5.92 Å². The molecule has 0 aromatic carbocycles. The van der Waals surface area contributed by atoms with E-state index in [0.29, 0.717) is 19.9 Å². The molecule has 5 heteroatoms. The van der Waals surface area contributed by atoms with Gasteiger partial charge in [-0.1, -0.05) is 0 Å². The largest absolute Gasteiger partial charge is 0.444 e. The molecule has 116 valence electrons. The van der Waals surface area contributed by atoms with Gasteiger partial charge in [-0.25, -0.2) is 4.79 Å². The summed E-state index contributed by atoms with van der Waals surface area (Å²) in [5.74, 6) is 0.744. The lowest BCUT2D eigenvalue weighted by Gasteiger charge is -2.27. The van der Waals surface area contributed by atoms with Gasteiger partial charge in [-0.2, -0.15) is 0 Å². The lowest BCUT2D eigenvalue weighted by Crippen LogP contribution is -2.39. The van der Waals surface area contributed by atoms with Crippen LogP contribution in [0.25, 0.3) is 0 Å². The molecule has 0 bridgehead atoms. The minimum atomic E-state index is -0.454. The predicted octanol–water partition coefficient (Wildman–Crippen LogP) is 2.79. The minimum Gasteiger partial charge on any atom is -0.444 e. The van der Waals surface area contributed by atoms with E-state index in [2.05, 4.69) is 0 Å². The first kappa shape index (κ1) is 15.6. The van der Waals surface area contributed by atoms with Crippen molar-refractivity contribution in [2.45, 2.75) is 58.2 Å². The van der Waals surface area contributed by atoms with Gasteiger partial charge >= 0.3 is 6.09 Å². The molecule has 20 heavy (non-hydrogen) atoms. The maximum Gasteiger partial charge on any atom is 0.410 e. The number of carbonyl (C=O) groups excluding carboxylic acids is 1. The summed E-state index contributed by atoms with van der Waals surface area (Å²) in [5, 5.41) is 0. The summed E-state index contributed by atoms with van der Waals surface area (Å²) in [5.41, 5.74) is -0.773. The second-order valence-electron chi connectivity index (χ2n) is 7.18. The Hall–Kier alpha value is -0.810. The van der Waals surface area contributed by atoms with E-state index >= 15 is 0 Å². The summed E-state index contributed by atoms with van der Waals surface area (Å²) in [6.07, 6.45) is 3.12. The number of hydrogen-bond acceptors (Lipinski definition) is 4. The zero-order valence-electron chi connectivity index (χ0n) is 13.1. The van der Waals surface area contributed by atoms with Crippen LogP contribution < -0.4 is 0 Å². The monoisotopic (exact) mass is 285 g/mol. The summed E-state index contributed by atoms with van der Waals surface area (Å²) >= 11 is 0. The Balaban J connectivity index is 1.70. The molecule has 0 aromatic rings. The fourth-order valence-electron chi connectivity index (χ4n) is 2.22. The van der Waals surface area contributed by atoms with Crippen LogP contribution in [-0.2, 0) is 14.2 Å². The fourth-order valence-corrected chi connectivity index (χ4v) is 2.22. The van der Waals surface area contributed by atoms with Gasteiger partial charge in [0.2, 0.25) is 0 Å². The number of likely N-dealkylation sites (tertiary alicyclic amines) is 1. The van der Waals surface area contributed by atoms with Crippen LogP contribution in [0.15, 0.2) is 0 Å². The molecule has 1 amide bonds. The highest BCUT2D eigenvalue weighted by molar-refractivity contribution is 5.68. The van der Waals surface area contributed by atoms with Gasteiger partial charge in [-0.15, -0.1) is 0 Å². The van der Waals surface area contributed by atoms with E-state index in [9.17, 15) is 4.79 Å². The molecule has 1 saturated carbocycles. The van der Waals surface area contributed by atoms with Crippen molar-refractivity contribution >= 4 is 6.09 Å². The Labute approximate surface area is 121 Å². The number of rotatable bonds is 5. The highest BCUT2D eigenvalue weighted by atomic mass is 16.7. The van der Waals surface area contributed by atoms with Crippen molar-refractivity contribution in [3.05, 3.63) is 0 Å². The molecular weight excluding hydrogens is 258 g/mol. The average molecular weight is 285 g/mol. The number of amides is 1. The molecular formula is C15H27NO4. The Morgan fingerprint density at radius 2 is 2.05 bits per heavy atom. The lowest BCUT2D eigenvalue weighted by atomic mass is 10.1. The van der Waals surface area contributed by atoms with Crippen LogP contribution in [0.3, 0.4) is 0 Å². The summed E-state index contributed by atoms with van der Waals surface area (Å²) < 4.78 is 16.7. The van der Waals surface area contributed by atoms with Crippen LogP contribution >= 0.6 is 0 Å². The van der Waals surface area contributed by atoms with Crippen molar-refractivity contribution in [2.75, 3.05) is 26.5 Å². The molecule has 0 radical (unpaired) electrons. The van der Waals surface area contributed by atoms with Crippen LogP contribution in [0.5, 0.6) is 0 Å². The molecule has 0 spiro atoms. The Kier molecular flexibility index (Phi) is 4.59. The van der Waals surface area contributed by atoms with E-state index in [1.165, 1.54) is 12.8 Å². The highest BCUT2D eigenvalue weighted by Crippen LogP contribution is 2.30. The van der Waals surface area contributed by atoms with Crippen molar-refractivity contribution in [3.8, 4) is 0 Å². The van der Waals surface area contributed by atoms with Gasteiger partial charge in [0.15, 0.2) is 0 Å². The van der Waals surface area contributed by atoms with E-state index in [1.54, 1.807) is 4.90 Å². The van der Waals surface area contributed by atoms with Crippen molar-refractivity contribution < 1.29 is 19.0 Å². The summed E-state index contributed by atoms with van der Waals surface area (Å²) in [6, 6.07) is 0. The molecule has 1 atom stereocenters. The average Bonchev–Trinajstić information content (AvgIpc) is 3.05. The third kappa shape index (κ3) is 4.94. The molecule has 2 rings (SSSR count). The SMILES string of the molecule is CC(C)(C)OC(=O)N1CCC(C)(OCOCC2CC2)C1. The van der Waals surface area contributed by atoms with Gasteiger partial charge in [0.05, 0.1) is 18.8 Å². The maximum absolute atomic E-state index is 12.0. The highest BCUT2D eigenvalue weighted by Gasteiger charge is 2.38. The molecule has 1 aliphatic heterocycles. The molecule has 1 saturated heterocycles. The molecule has 2 aliphatic rings. The van der Waals surface area contributed by atoms with Gasteiger partial charge in [0, 0.05) is 6.54 Å². The topological polar surface area (TPSA) is 48.0 Å². The van der Waals surface area contributed by atoms with Crippen LogP contribution in [0.2, 0.25) is 0 Å². The fraction of sp³-hybridized carbons (Fsp3) is 0.933. The molecule has 1 unspecified atom stereocenters. The standard InChI is InChI=1S/C15H27NO4/c1-14(2,3)20-13(17)16-8-7-15(4,10-16)19-11-18-9-12-5-6-12/h12H,5-11H2,1-4H3. The van der Waals surface area contributed by atoms with Crippen molar-refractivity contribution in [1.29, 1.82) is 0 Å². The van der Waals surface area contributed by atoms with Gasteiger partial charge in [-0.3, -0.25) is 0 Å². The zero-order valence-corrected chi connectivity index (χ0v) is 13.1. The first-order valence-electron chi connectivity index (χ1n) is 7.47. The normalized spacial score (nSPS) is 26.9. The quantitative estimate of drug-likeness (QED) is 0.575. The molecule has 2 fully saturated rings. The van der Waals surface area contributed by atoms with E-state index in [4.69, 9.17) is 14.2 Å². The van der Waals surface area contributed by atoms with Crippen molar-refractivity contribution in [3.63, 3.8) is 0 Å². The van der Waals surface area contributed by atoms with Gasteiger partial charge in [0.25, 0.3) is 0 Å². The minimum absolute atomic E-state index is 0.260. The van der Waals surface area contributed by atoms with Crippen molar-refractivity contribution in [1.82, 2.24) is 4.90 Å². The Morgan fingerprint density at radius 1 is 1.35 bits per heavy atom. The summed E-state index contributed by atoms with van der Waals surface area (Å²) in [4.78, 5) is 13.7. The maximum atomic E-state index is 12.0. The Bertz CT molecular complexity index is 348. The smallest absolute Gasteiger partial charge is 0.410 e. The van der Waals surface area contributed by atoms with E-state index in [0.717, 1.165) is 18.9 Å². The first-order chi connectivity index (χ1) is 9.27. The van der Waals surface area contributed by atoms with Crippen LogP contribution in [0.4, 0.5) is 4.79 Å². The summed E-state index contributed by atoms with van der Waals surface area (Å²) in [7, 11) is 0. The molecule has 1 aliphatic carbocycles. The molecule has 0 aromatic heterocycles. The van der Waals surface area contributed by atoms with Gasteiger partial charge < -0.3 is 19.1 Å². The third-order valence-electron chi connectivity index (χ3n) is 3.63. The number of nitrogens with zero attached hydrogens (tertiary/aromatic N) is 1. The van der Waals surface area contributed by atoms with E-state index in [1.807, 2.05) is 27.7 Å². The third-order valence-corrected chi connectivity index (χ3v) is 3.63. The first-order valence-corrected chi connectivity index (χ1v) is 7.47. The molecule has 0 N–H and O–H groups in total. The number of hydrogen-bond donors (Lipinski definition) is 0. The summed E-state index contributed by atoms with van der Waals surface area (Å²) in [6.45, 7) is 10.0. The Morgan fingerprint density at radius 3 is 2.65 bits per heavy atom. The van der Waals surface area contributed by atoms with E-state index < -0.39 is 5.60 Å². The van der Waals surface area contributed by atoms with Gasteiger partial charge in [-0.05, 0) is 52.9 Å². The van der Waals surface area contributed by atoms with Crippen LogP contribution in [0.1, 0.15) is 47.0 Å². The van der Waals surface area contributed by atoms with Crippen LogP contribution in [0, 0.1) is 5.92 Å². The second kappa shape index (κ2) is 5.90. The number of carbonyl (C=O) groups is 1. The lowest BCUT2D eigenvalue weighted by molar-refractivity contribution is -0.131. The molecule has 5 nitrogen and oxygen atoms in total. The zero-order chi connectivity index (χ0) is 14.8. The van der Waals surface area contributed by atoms with Gasteiger partial charge in [0.1, 0.15) is 12.4 Å². The molecule has 1 heterocycles. The van der Waals surface area contributed by atoms with E-state index in [-0.39, 0.29) is 11.7 Å².